The molecular weight excluding hydrogens is 340 g/mol. The van der Waals surface area contributed by atoms with Crippen LogP contribution in [0, 0.1) is 5.41 Å². The van der Waals surface area contributed by atoms with Gasteiger partial charge in [-0.2, -0.15) is 0 Å². The third-order valence-corrected chi connectivity index (χ3v) is 3.22. The zero-order chi connectivity index (χ0) is 19.7. The van der Waals surface area contributed by atoms with E-state index in [9.17, 15) is 14.4 Å². The average molecular weight is 366 g/mol. The first-order valence-corrected chi connectivity index (χ1v) is 8.12. The molecule has 0 heterocycles. The molecule has 0 saturated heterocycles. The molecule has 0 aliphatic carbocycles. The molecule has 0 aromatic heterocycles. The zero-order valence-corrected chi connectivity index (χ0v) is 15.8. The van der Waals surface area contributed by atoms with Crippen molar-refractivity contribution in [1.82, 2.24) is 10.4 Å². The van der Waals surface area contributed by atoms with Gasteiger partial charge in [-0.15, -0.1) is 5.48 Å². The summed E-state index contributed by atoms with van der Waals surface area (Å²) in [4.78, 5) is 41.6. The van der Waals surface area contributed by atoms with E-state index in [0.717, 1.165) is 5.56 Å². The highest BCUT2D eigenvalue weighted by Gasteiger charge is 2.26. The summed E-state index contributed by atoms with van der Waals surface area (Å²) in [5, 5.41) is 0. The van der Waals surface area contributed by atoms with E-state index in [1.807, 2.05) is 30.3 Å². The summed E-state index contributed by atoms with van der Waals surface area (Å²) in [7, 11) is 3.03. The topological polar surface area (TPSA) is 94.2 Å². The van der Waals surface area contributed by atoms with Crippen molar-refractivity contribution in [3.63, 3.8) is 0 Å². The minimum absolute atomic E-state index is 0.230. The Morgan fingerprint density at radius 2 is 1.69 bits per heavy atom. The van der Waals surface area contributed by atoms with Gasteiger partial charge in [-0.3, -0.25) is 9.59 Å². The first-order valence-electron chi connectivity index (χ1n) is 8.12. The fourth-order valence-electron chi connectivity index (χ4n) is 1.69. The Hall–Kier alpha value is -2.61. The van der Waals surface area contributed by atoms with Crippen LogP contribution in [0.25, 0.3) is 0 Å². The van der Waals surface area contributed by atoms with E-state index < -0.39 is 36.3 Å². The van der Waals surface area contributed by atoms with Gasteiger partial charge >= 0.3 is 18.0 Å². The van der Waals surface area contributed by atoms with Crippen LogP contribution in [0.1, 0.15) is 26.3 Å². The van der Waals surface area contributed by atoms with Crippen molar-refractivity contribution >= 4 is 18.0 Å². The van der Waals surface area contributed by atoms with Crippen LogP contribution in [0.3, 0.4) is 0 Å². The predicted octanol–water partition coefficient (Wildman–Crippen LogP) is 1.89. The largest absolute Gasteiger partial charge is 0.428 e. The molecule has 1 amide bonds. The molecule has 1 aromatic carbocycles. The molecular formula is C18H26N2O6. The predicted molar refractivity (Wildman–Crippen MR) is 93.7 cm³/mol. The highest BCUT2D eigenvalue weighted by atomic mass is 16.7. The Balaban J connectivity index is 2.65. The van der Waals surface area contributed by atoms with Crippen molar-refractivity contribution in [3.8, 4) is 0 Å². The number of rotatable bonds is 7. The lowest BCUT2D eigenvalue weighted by Crippen LogP contribution is -2.43. The lowest BCUT2D eigenvalue weighted by Gasteiger charge is -2.20. The van der Waals surface area contributed by atoms with E-state index in [0.29, 0.717) is 0 Å². The number of amides is 1. The molecule has 0 saturated carbocycles. The first kappa shape index (κ1) is 21.4. The molecule has 0 spiro atoms. The van der Waals surface area contributed by atoms with Crippen LogP contribution in [0.15, 0.2) is 30.3 Å². The van der Waals surface area contributed by atoms with Crippen molar-refractivity contribution in [2.75, 3.05) is 20.9 Å². The Bertz CT molecular complexity index is 610. The molecule has 1 aromatic rings. The third kappa shape index (κ3) is 7.52. The second-order valence-corrected chi connectivity index (χ2v) is 6.89. The van der Waals surface area contributed by atoms with Crippen LogP contribution in [0.4, 0.5) is 4.79 Å². The van der Waals surface area contributed by atoms with Crippen LogP contribution in [0.5, 0.6) is 0 Å². The first-order chi connectivity index (χ1) is 12.1. The summed E-state index contributed by atoms with van der Waals surface area (Å²) >= 11 is 0. The monoisotopic (exact) mass is 366 g/mol. The summed E-state index contributed by atoms with van der Waals surface area (Å²) < 4.78 is 9.90. The van der Waals surface area contributed by atoms with Gasteiger partial charge in [0.1, 0.15) is 6.04 Å². The van der Waals surface area contributed by atoms with Crippen LogP contribution in [-0.4, -0.2) is 49.9 Å². The average Bonchev–Trinajstić information content (AvgIpc) is 2.57. The van der Waals surface area contributed by atoms with Gasteiger partial charge in [0.25, 0.3) is 0 Å². The molecule has 0 unspecified atom stereocenters. The number of nitrogens with zero attached hydrogens (tertiary/aromatic N) is 1. The van der Waals surface area contributed by atoms with Gasteiger partial charge in [0.05, 0.1) is 5.41 Å². The maximum atomic E-state index is 12.3. The summed E-state index contributed by atoms with van der Waals surface area (Å²) in [5.41, 5.74) is 2.55. The highest BCUT2D eigenvalue weighted by Crippen LogP contribution is 2.15. The number of benzene rings is 1. The zero-order valence-electron chi connectivity index (χ0n) is 15.8. The Morgan fingerprint density at radius 1 is 1.08 bits per heavy atom. The maximum absolute atomic E-state index is 12.3. The molecule has 26 heavy (non-hydrogen) atoms. The molecule has 1 rings (SSSR count). The minimum Gasteiger partial charge on any atom is -0.427 e. The number of nitrogens with one attached hydrogen (secondary N) is 1. The van der Waals surface area contributed by atoms with Gasteiger partial charge in [-0.25, -0.2) is 4.79 Å². The number of hydrogen-bond donors (Lipinski definition) is 1. The van der Waals surface area contributed by atoms with E-state index in [2.05, 4.69) is 5.48 Å². The van der Waals surface area contributed by atoms with Gasteiger partial charge in [0.15, 0.2) is 0 Å². The molecule has 0 aliphatic heterocycles. The highest BCUT2D eigenvalue weighted by molar-refractivity contribution is 5.77. The summed E-state index contributed by atoms with van der Waals surface area (Å²) in [6.07, 6.45) is -0.428. The molecule has 0 bridgehead atoms. The molecule has 8 nitrogen and oxygen atoms in total. The summed E-state index contributed by atoms with van der Waals surface area (Å²) in [6.45, 7) is 4.57. The number of carbonyl (C=O) groups is 3. The Kier molecular flexibility index (Phi) is 8.05. The number of ether oxygens (including phenoxy) is 2. The standard InChI is InChI=1S/C18H26N2O6/c1-18(2,3)16(22)25-12-24-15(21)14(19-26-17(23)20(4)5)11-13-9-7-6-8-10-13/h6-10,14,19H,11-12H2,1-5H3/t14-/m0/s1. The Morgan fingerprint density at radius 3 is 2.23 bits per heavy atom. The maximum Gasteiger partial charge on any atom is 0.428 e. The van der Waals surface area contributed by atoms with Crippen LogP contribution in [-0.2, 0) is 30.3 Å². The fraction of sp³-hybridized carbons (Fsp3) is 0.500. The van der Waals surface area contributed by atoms with Crippen LogP contribution >= 0.6 is 0 Å². The van der Waals surface area contributed by atoms with Crippen LogP contribution in [0.2, 0.25) is 0 Å². The lowest BCUT2D eigenvalue weighted by atomic mass is 9.98. The Labute approximate surface area is 153 Å². The van der Waals surface area contributed by atoms with Crippen molar-refractivity contribution in [3.05, 3.63) is 35.9 Å². The minimum atomic E-state index is -0.949. The fourth-order valence-corrected chi connectivity index (χ4v) is 1.69. The molecule has 1 atom stereocenters. The molecule has 144 valence electrons. The van der Waals surface area contributed by atoms with Crippen LogP contribution < -0.4 is 5.48 Å². The van der Waals surface area contributed by atoms with Gasteiger partial charge in [-0.1, -0.05) is 30.3 Å². The van der Waals surface area contributed by atoms with Crippen molar-refractivity contribution < 1.29 is 28.7 Å². The number of hydroxylamine groups is 1. The normalized spacial score (nSPS) is 12.0. The summed E-state index contributed by atoms with van der Waals surface area (Å²) in [6, 6.07) is 8.21. The van der Waals surface area contributed by atoms with Gasteiger partial charge < -0.3 is 19.2 Å². The molecule has 1 N–H and O–H groups in total. The molecule has 8 heteroatoms. The number of esters is 2. The van der Waals surface area contributed by atoms with E-state index in [4.69, 9.17) is 14.3 Å². The smallest absolute Gasteiger partial charge is 0.427 e. The second-order valence-electron chi connectivity index (χ2n) is 6.89. The third-order valence-electron chi connectivity index (χ3n) is 3.22. The van der Waals surface area contributed by atoms with Gasteiger partial charge in [-0.05, 0) is 26.3 Å². The molecule has 0 radical (unpaired) electrons. The molecule has 0 aliphatic rings. The quantitative estimate of drug-likeness (QED) is 0.447. The van der Waals surface area contributed by atoms with E-state index in [1.54, 1.807) is 20.8 Å². The van der Waals surface area contributed by atoms with E-state index in [-0.39, 0.29) is 6.42 Å². The van der Waals surface area contributed by atoms with E-state index >= 15 is 0 Å². The number of hydrogen-bond acceptors (Lipinski definition) is 7. The van der Waals surface area contributed by atoms with Gasteiger partial charge in [0.2, 0.25) is 6.79 Å². The van der Waals surface area contributed by atoms with Crippen molar-refractivity contribution in [2.45, 2.75) is 33.2 Å². The van der Waals surface area contributed by atoms with Gasteiger partial charge in [0, 0.05) is 20.5 Å². The molecule has 0 fully saturated rings. The lowest BCUT2D eigenvalue weighted by molar-refractivity contribution is -0.175. The SMILES string of the molecule is CN(C)C(=O)ON[C@@H](Cc1ccccc1)C(=O)OCOC(=O)C(C)(C)C. The number of carbonyl (C=O) groups excluding carboxylic acids is 3. The second kappa shape index (κ2) is 9.76. The van der Waals surface area contributed by atoms with E-state index in [1.165, 1.54) is 19.0 Å². The summed E-state index contributed by atoms with van der Waals surface area (Å²) in [5.74, 6) is -1.20. The van der Waals surface area contributed by atoms with Crippen molar-refractivity contribution in [1.29, 1.82) is 0 Å². The van der Waals surface area contributed by atoms with Crippen molar-refractivity contribution in [2.24, 2.45) is 5.41 Å².